The SMILES string of the molecule is C[C@H](CC1=NNI(C)S1)I(C)C. The van der Waals surface area contributed by atoms with Crippen molar-refractivity contribution in [3.63, 3.8) is 0 Å². The van der Waals surface area contributed by atoms with E-state index in [1.54, 1.807) is 0 Å². The summed E-state index contributed by atoms with van der Waals surface area (Å²) in [6.45, 7) is 2.38. The van der Waals surface area contributed by atoms with E-state index < -0.39 is 38.5 Å². The van der Waals surface area contributed by atoms with Crippen molar-refractivity contribution in [3.05, 3.63) is 0 Å². The van der Waals surface area contributed by atoms with Gasteiger partial charge in [0.2, 0.25) is 0 Å². The summed E-state index contributed by atoms with van der Waals surface area (Å²) in [5, 5.41) is 5.74. The Hall–Kier alpha value is 1.28. The fourth-order valence-electron chi connectivity index (χ4n) is 0.747. The Morgan fingerprint density at radius 3 is 2.75 bits per heavy atom. The van der Waals surface area contributed by atoms with Gasteiger partial charge in [0.15, 0.2) is 0 Å². The van der Waals surface area contributed by atoms with Crippen molar-refractivity contribution >= 4 is 52.5 Å². The van der Waals surface area contributed by atoms with Crippen LogP contribution in [0.2, 0.25) is 0 Å². The molecular formula is C7H16I2N2S. The normalized spacial score (nSPS) is 23.2. The number of alkyl halides is 4. The average Bonchev–Trinajstić information content (AvgIpc) is 2.35. The Kier molecular flexibility index (Phi) is 4.95. The van der Waals surface area contributed by atoms with E-state index in [0.29, 0.717) is 0 Å². The summed E-state index contributed by atoms with van der Waals surface area (Å²) in [5.74, 6) is 0. The second-order valence-electron chi connectivity index (χ2n) is 2.89. The van der Waals surface area contributed by atoms with Crippen LogP contribution < -0.4 is 3.64 Å². The van der Waals surface area contributed by atoms with Crippen LogP contribution >= 0.6 is 47.5 Å². The van der Waals surface area contributed by atoms with Crippen LogP contribution in [0.25, 0.3) is 0 Å². The minimum absolute atomic E-state index is 0.602. The number of rotatable bonds is 3. The third-order valence-electron chi connectivity index (χ3n) is 1.69. The van der Waals surface area contributed by atoms with Crippen molar-refractivity contribution in [3.8, 4) is 0 Å². The zero-order valence-corrected chi connectivity index (χ0v) is 13.0. The van der Waals surface area contributed by atoms with Gasteiger partial charge in [0.25, 0.3) is 0 Å². The first kappa shape index (κ1) is 11.4. The number of nitrogens with zero attached hydrogens (tertiary/aromatic N) is 1. The molecule has 1 atom stereocenters. The van der Waals surface area contributed by atoms with Gasteiger partial charge in [-0.05, 0) is 0 Å². The van der Waals surface area contributed by atoms with Gasteiger partial charge in [0.1, 0.15) is 0 Å². The molecule has 0 aromatic carbocycles. The van der Waals surface area contributed by atoms with Gasteiger partial charge < -0.3 is 0 Å². The molecule has 74 valence electrons. The minimum atomic E-state index is -0.872. The van der Waals surface area contributed by atoms with Gasteiger partial charge in [-0.2, -0.15) is 0 Å². The Balaban J connectivity index is 2.32. The number of hydrazone groups is 1. The van der Waals surface area contributed by atoms with Crippen molar-refractivity contribution in [1.29, 1.82) is 0 Å². The molecule has 1 heterocycles. The summed E-state index contributed by atoms with van der Waals surface area (Å²) in [6, 6.07) is 0. The fraction of sp³-hybridized carbons (Fsp3) is 0.857. The van der Waals surface area contributed by atoms with Gasteiger partial charge in [-0.3, -0.25) is 0 Å². The van der Waals surface area contributed by atoms with Crippen molar-refractivity contribution in [2.24, 2.45) is 5.10 Å². The Bertz CT molecular complexity index is 184. The molecule has 0 fully saturated rings. The van der Waals surface area contributed by atoms with E-state index >= 15 is 0 Å². The predicted molar refractivity (Wildman–Crippen MR) is 78.1 cm³/mol. The second-order valence-corrected chi connectivity index (χ2v) is 17.6. The fourth-order valence-corrected chi connectivity index (χ4v) is 7.48. The molecule has 1 aliphatic rings. The molecule has 0 saturated heterocycles. The van der Waals surface area contributed by atoms with Crippen molar-refractivity contribution in [2.75, 3.05) is 14.8 Å². The molecular weight excluding hydrogens is 398 g/mol. The topological polar surface area (TPSA) is 24.4 Å². The number of nitrogens with one attached hydrogen (secondary N) is 1. The molecule has 1 rings (SSSR count). The van der Waals surface area contributed by atoms with Gasteiger partial charge in [-0.15, -0.1) is 0 Å². The van der Waals surface area contributed by atoms with Crippen LogP contribution in [0.5, 0.6) is 0 Å². The van der Waals surface area contributed by atoms with Crippen LogP contribution in [0.1, 0.15) is 13.3 Å². The molecule has 1 aliphatic heterocycles. The molecule has 2 nitrogen and oxygen atoms in total. The predicted octanol–water partition coefficient (Wildman–Crippen LogP) is 3.15. The van der Waals surface area contributed by atoms with Crippen LogP contribution in [0.4, 0.5) is 0 Å². The molecule has 0 unspecified atom stereocenters. The van der Waals surface area contributed by atoms with Gasteiger partial charge in [0, 0.05) is 0 Å². The number of halogens is 2. The van der Waals surface area contributed by atoms with Gasteiger partial charge in [-0.1, -0.05) is 0 Å². The maximum absolute atomic E-state index is 4.36. The molecule has 0 amide bonds. The standard InChI is InChI=1S/C7H16I2N2S/c1-6(8(2)3)5-7-10-11-9(4)12-7/h6,11H,5H2,1-4H3/t6-/m1/s1. The third kappa shape index (κ3) is 3.57. The molecule has 0 aromatic rings. The second kappa shape index (κ2) is 5.23. The summed E-state index contributed by atoms with van der Waals surface area (Å²) in [5.41, 5.74) is 0. The van der Waals surface area contributed by atoms with E-state index in [4.69, 9.17) is 0 Å². The maximum atomic E-state index is 4.36. The number of hydrogen-bond acceptors (Lipinski definition) is 3. The molecule has 0 spiro atoms. The van der Waals surface area contributed by atoms with E-state index in [9.17, 15) is 0 Å². The first-order chi connectivity index (χ1) is 5.59. The van der Waals surface area contributed by atoms with Crippen LogP contribution in [-0.2, 0) is 0 Å². The molecule has 0 bridgehead atoms. The summed E-state index contributed by atoms with van der Waals surface area (Å²) in [4.78, 5) is 7.18. The molecule has 0 radical (unpaired) electrons. The molecule has 5 heteroatoms. The first-order valence-corrected chi connectivity index (χ1v) is 15.8. The van der Waals surface area contributed by atoms with E-state index in [0.717, 1.165) is 3.92 Å². The molecule has 0 saturated carbocycles. The van der Waals surface area contributed by atoms with E-state index in [1.807, 2.05) is 8.93 Å². The van der Waals surface area contributed by atoms with Crippen LogP contribution in [0.3, 0.4) is 0 Å². The van der Waals surface area contributed by atoms with Crippen LogP contribution in [-0.4, -0.2) is 23.8 Å². The van der Waals surface area contributed by atoms with Crippen LogP contribution in [0.15, 0.2) is 5.10 Å². The summed E-state index contributed by atoms with van der Waals surface area (Å²) in [6.07, 6.45) is 1.23. The number of hydrogen-bond donors (Lipinski definition) is 1. The first-order valence-electron chi connectivity index (χ1n) is 3.69. The van der Waals surface area contributed by atoms with Crippen molar-refractivity contribution in [1.82, 2.24) is 3.64 Å². The average molecular weight is 414 g/mol. The Morgan fingerprint density at radius 1 is 1.67 bits per heavy atom. The molecule has 12 heavy (non-hydrogen) atoms. The summed E-state index contributed by atoms with van der Waals surface area (Å²) >= 11 is -1.47. The van der Waals surface area contributed by atoms with Crippen LogP contribution in [0, 0.1) is 0 Å². The van der Waals surface area contributed by atoms with Crippen molar-refractivity contribution < 1.29 is 0 Å². The third-order valence-corrected chi connectivity index (χ3v) is 11.9. The van der Waals surface area contributed by atoms with Gasteiger partial charge >= 0.3 is 93.3 Å². The monoisotopic (exact) mass is 414 g/mol. The Morgan fingerprint density at radius 2 is 2.33 bits per heavy atom. The Labute approximate surface area is 92.3 Å². The summed E-state index contributed by atoms with van der Waals surface area (Å²) in [7, 11) is 2.03. The van der Waals surface area contributed by atoms with Gasteiger partial charge in [0.05, 0.1) is 0 Å². The molecule has 0 aromatic heterocycles. The van der Waals surface area contributed by atoms with E-state index in [1.165, 1.54) is 11.5 Å². The van der Waals surface area contributed by atoms with Crippen molar-refractivity contribution in [2.45, 2.75) is 17.3 Å². The van der Waals surface area contributed by atoms with E-state index in [2.05, 4.69) is 30.5 Å². The summed E-state index contributed by atoms with van der Waals surface area (Å²) < 4.78 is 4.16. The quantitative estimate of drug-likeness (QED) is 0.436. The molecule has 0 aliphatic carbocycles. The zero-order chi connectivity index (χ0) is 9.14. The van der Waals surface area contributed by atoms with Gasteiger partial charge in [-0.25, -0.2) is 0 Å². The van der Waals surface area contributed by atoms with E-state index in [-0.39, 0.29) is 0 Å². The molecule has 1 N–H and O–H groups in total. The zero-order valence-electron chi connectivity index (χ0n) is 7.90.